The molecule has 0 aromatic heterocycles. The van der Waals surface area contributed by atoms with E-state index >= 15 is 0 Å². The molecule has 140 valence electrons. The van der Waals surface area contributed by atoms with Crippen LogP contribution in [0.25, 0.3) is 0 Å². The zero-order valence-electron chi connectivity index (χ0n) is 15.7. The molecule has 7 nitrogen and oxygen atoms in total. The monoisotopic (exact) mass is 345 g/mol. The van der Waals surface area contributed by atoms with E-state index in [1.807, 2.05) is 27.7 Å². The molecule has 1 saturated heterocycles. The van der Waals surface area contributed by atoms with Crippen LogP contribution < -0.4 is 0 Å². The lowest BCUT2D eigenvalue weighted by atomic mass is 9.80. The third-order valence-corrected chi connectivity index (χ3v) is 4.43. The lowest BCUT2D eigenvalue weighted by molar-refractivity contribution is -0.263. The van der Waals surface area contributed by atoms with Crippen molar-refractivity contribution in [2.45, 2.75) is 96.8 Å². The SMILES string of the molecule is CC(O)C(=O)OC(C)C(=O)C(C)OC1CC(C)(C)N(O)C(C)(C)C1. The Bertz CT molecular complexity index is 456. The number of ketones is 1. The van der Waals surface area contributed by atoms with E-state index in [0.29, 0.717) is 12.8 Å². The van der Waals surface area contributed by atoms with Crippen LogP contribution in [0.1, 0.15) is 61.3 Å². The zero-order valence-corrected chi connectivity index (χ0v) is 15.7. The number of aliphatic hydroxyl groups excluding tert-OH is 1. The predicted molar refractivity (Wildman–Crippen MR) is 87.6 cm³/mol. The van der Waals surface area contributed by atoms with Crippen LogP contribution in [0.2, 0.25) is 0 Å². The maximum absolute atomic E-state index is 12.3. The topological polar surface area (TPSA) is 96.3 Å². The molecule has 0 bridgehead atoms. The summed E-state index contributed by atoms with van der Waals surface area (Å²) < 4.78 is 10.8. The zero-order chi connectivity index (χ0) is 18.9. The smallest absolute Gasteiger partial charge is 0.335 e. The average Bonchev–Trinajstić information content (AvgIpc) is 2.42. The molecule has 1 rings (SSSR count). The summed E-state index contributed by atoms with van der Waals surface area (Å²) >= 11 is 0. The van der Waals surface area contributed by atoms with Crippen molar-refractivity contribution >= 4 is 11.8 Å². The second-order valence-electron chi connectivity index (χ2n) is 7.90. The van der Waals surface area contributed by atoms with Gasteiger partial charge in [-0.15, -0.1) is 0 Å². The van der Waals surface area contributed by atoms with Crippen molar-refractivity contribution in [1.82, 2.24) is 5.06 Å². The second kappa shape index (κ2) is 7.47. The molecule has 0 aliphatic carbocycles. The van der Waals surface area contributed by atoms with Gasteiger partial charge in [0.2, 0.25) is 5.78 Å². The van der Waals surface area contributed by atoms with E-state index in [-0.39, 0.29) is 11.9 Å². The molecule has 0 radical (unpaired) electrons. The lowest BCUT2D eigenvalue weighted by Crippen LogP contribution is -2.61. The fraction of sp³-hybridized carbons (Fsp3) is 0.882. The maximum Gasteiger partial charge on any atom is 0.335 e. The molecular formula is C17H31NO6. The Labute approximate surface area is 143 Å². The first kappa shape index (κ1) is 21.0. The van der Waals surface area contributed by atoms with E-state index in [4.69, 9.17) is 14.6 Å². The van der Waals surface area contributed by atoms with Crippen molar-refractivity contribution in [3.05, 3.63) is 0 Å². The Balaban J connectivity index is 2.68. The molecule has 3 unspecified atom stereocenters. The number of carbonyl (C=O) groups is 2. The number of carbonyl (C=O) groups excluding carboxylic acids is 2. The summed E-state index contributed by atoms with van der Waals surface area (Å²) in [6.07, 6.45) is -2.05. The first-order chi connectivity index (χ1) is 10.8. The summed E-state index contributed by atoms with van der Waals surface area (Å²) in [5.41, 5.74) is -0.945. The fourth-order valence-electron chi connectivity index (χ4n) is 3.29. The minimum atomic E-state index is -1.27. The van der Waals surface area contributed by atoms with E-state index in [1.165, 1.54) is 18.9 Å². The highest BCUT2D eigenvalue weighted by Gasteiger charge is 2.46. The first-order valence-electron chi connectivity index (χ1n) is 8.35. The second-order valence-corrected chi connectivity index (χ2v) is 7.90. The van der Waals surface area contributed by atoms with E-state index in [2.05, 4.69) is 0 Å². The van der Waals surface area contributed by atoms with Crippen molar-refractivity contribution in [3.8, 4) is 0 Å². The number of aliphatic hydroxyl groups is 1. The van der Waals surface area contributed by atoms with Gasteiger partial charge in [0, 0.05) is 11.1 Å². The van der Waals surface area contributed by atoms with Crippen molar-refractivity contribution in [2.24, 2.45) is 0 Å². The van der Waals surface area contributed by atoms with Crippen LogP contribution >= 0.6 is 0 Å². The van der Waals surface area contributed by atoms with Gasteiger partial charge in [0.25, 0.3) is 0 Å². The van der Waals surface area contributed by atoms with E-state index in [0.717, 1.165) is 0 Å². The van der Waals surface area contributed by atoms with Gasteiger partial charge in [-0.05, 0) is 61.3 Å². The number of Topliss-reactive ketones (excluding diaryl/α,β-unsaturated/α-hetero) is 1. The minimum absolute atomic E-state index is 0.197. The van der Waals surface area contributed by atoms with Gasteiger partial charge in [-0.1, -0.05) is 0 Å². The van der Waals surface area contributed by atoms with Gasteiger partial charge < -0.3 is 19.8 Å². The Kier molecular flexibility index (Phi) is 6.55. The number of esters is 1. The number of rotatable bonds is 6. The maximum atomic E-state index is 12.3. The largest absolute Gasteiger partial charge is 0.453 e. The van der Waals surface area contributed by atoms with Gasteiger partial charge in [-0.3, -0.25) is 4.79 Å². The molecule has 0 aromatic carbocycles. The number of hydrogen-bond acceptors (Lipinski definition) is 7. The number of hydrogen-bond donors (Lipinski definition) is 2. The van der Waals surface area contributed by atoms with Crippen LogP contribution in [0.3, 0.4) is 0 Å². The first-order valence-corrected chi connectivity index (χ1v) is 8.35. The highest BCUT2D eigenvalue weighted by Crippen LogP contribution is 2.38. The normalized spacial score (nSPS) is 24.9. The van der Waals surface area contributed by atoms with Crippen LogP contribution in [0.15, 0.2) is 0 Å². The molecule has 1 aliphatic rings. The number of nitrogens with zero attached hydrogens (tertiary/aromatic N) is 1. The number of ether oxygens (including phenoxy) is 2. The summed E-state index contributed by atoms with van der Waals surface area (Å²) in [5.74, 6) is -1.19. The third-order valence-electron chi connectivity index (χ3n) is 4.43. The van der Waals surface area contributed by atoms with Crippen molar-refractivity contribution in [1.29, 1.82) is 0 Å². The Morgan fingerprint density at radius 2 is 1.50 bits per heavy atom. The third kappa shape index (κ3) is 4.99. The van der Waals surface area contributed by atoms with Crippen LogP contribution in [-0.2, 0) is 19.1 Å². The Morgan fingerprint density at radius 3 is 1.92 bits per heavy atom. The van der Waals surface area contributed by atoms with Gasteiger partial charge in [0.05, 0.1) is 6.10 Å². The highest BCUT2D eigenvalue weighted by molar-refractivity contribution is 5.89. The van der Waals surface area contributed by atoms with E-state index in [9.17, 15) is 14.8 Å². The number of piperidine rings is 1. The molecular weight excluding hydrogens is 314 g/mol. The quantitative estimate of drug-likeness (QED) is 0.707. The van der Waals surface area contributed by atoms with Gasteiger partial charge >= 0.3 is 5.97 Å². The van der Waals surface area contributed by atoms with Gasteiger partial charge in [-0.25, -0.2) is 4.79 Å². The van der Waals surface area contributed by atoms with Crippen LogP contribution in [-0.4, -0.2) is 62.6 Å². The Morgan fingerprint density at radius 1 is 1.04 bits per heavy atom. The molecule has 0 amide bonds. The molecule has 7 heteroatoms. The van der Waals surface area contributed by atoms with Gasteiger partial charge in [-0.2, -0.15) is 5.06 Å². The summed E-state index contributed by atoms with van der Waals surface area (Å²) in [6, 6.07) is 0. The summed E-state index contributed by atoms with van der Waals surface area (Å²) in [6.45, 7) is 12.1. The van der Waals surface area contributed by atoms with Crippen LogP contribution in [0.5, 0.6) is 0 Å². The average molecular weight is 345 g/mol. The van der Waals surface area contributed by atoms with Crippen LogP contribution in [0, 0.1) is 0 Å². The van der Waals surface area contributed by atoms with Crippen molar-refractivity contribution < 1.29 is 29.4 Å². The molecule has 1 fully saturated rings. The van der Waals surface area contributed by atoms with Crippen molar-refractivity contribution in [3.63, 3.8) is 0 Å². The molecule has 1 heterocycles. The fourth-order valence-corrected chi connectivity index (χ4v) is 3.29. The lowest BCUT2D eigenvalue weighted by Gasteiger charge is -2.51. The molecule has 0 saturated carbocycles. The van der Waals surface area contributed by atoms with Crippen molar-refractivity contribution in [2.75, 3.05) is 0 Å². The molecule has 2 N–H and O–H groups in total. The summed E-state index contributed by atoms with van der Waals surface area (Å²) in [7, 11) is 0. The summed E-state index contributed by atoms with van der Waals surface area (Å²) in [4.78, 5) is 23.7. The van der Waals surface area contributed by atoms with E-state index < -0.39 is 35.4 Å². The number of hydroxylamine groups is 2. The van der Waals surface area contributed by atoms with E-state index in [1.54, 1.807) is 6.92 Å². The minimum Gasteiger partial charge on any atom is -0.453 e. The predicted octanol–water partition coefficient (Wildman–Crippen LogP) is 1.68. The molecule has 3 atom stereocenters. The summed E-state index contributed by atoms with van der Waals surface area (Å²) in [5, 5.41) is 20.8. The molecule has 1 aliphatic heterocycles. The molecule has 24 heavy (non-hydrogen) atoms. The Hall–Kier alpha value is -1.02. The van der Waals surface area contributed by atoms with Crippen LogP contribution in [0.4, 0.5) is 0 Å². The molecule has 0 spiro atoms. The molecule has 0 aromatic rings. The van der Waals surface area contributed by atoms with Gasteiger partial charge in [0.15, 0.2) is 6.10 Å². The van der Waals surface area contributed by atoms with Gasteiger partial charge in [0.1, 0.15) is 12.2 Å². The highest BCUT2D eigenvalue weighted by atomic mass is 16.6. The standard InChI is InChI=1S/C17H31NO6/c1-10(19)15(21)24-12(3)14(20)11(2)23-13-8-16(4,5)18(22)17(6,7)9-13/h10-13,19,22H,8-9H2,1-7H3.